The number of sulfonamides is 1. The van der Waals surface area contributed by atoms with Crippen LogP contribution in [-0.4, -0.2) is 49.7 Å². The van der Waals surface area contributed by atoms with Crippen LogP contribution in [0.15, 0.2) is 83.8 Å². The first-order valence-electron chi connectivity index (χ1n) is 10.8. The first kappa shape index (κ1) is 22.9. The Bertz CT molecular complexity index is 1200. The van der Waals surface area contributed by atoms with Crippen LogP contribution in [0.5, 0.6) is 5.75 Å². The lowest BCUT2D eigenvalue weighted by atomic mass is 10.1. The van der Waals surface area contributed by atoms with E-state index in [0.29, 0.717) is 25.1 Å². The summed E-state index contributed by atoms with van der Waals surface area (Å²) >= 11 is 0. The molecule has 1 fully saturated rings. The van der Waals surface area contributed by atoms with Gasteiger partial charge in [0.2, 0.25) is 10.0 Å². The van der Waals surface area contributed by atoms with E-state index in [1.165, 1.54) is 16.4 Å². The normalized spacial score (nSPS) is 15.1. The summed E-state index contributed by atoms with van der Waals surface area (Å²) < 4.78 is 46.3. The fourth-order valence-corrected chi connectivity index (χ4v) is 5.27. The van der Waals surface area contributed by atoms with Gasteiger partial charge in [-0.05, 0) is 48.9 Å². The number of carbonyl (C=O) groups excluding carboxylic acids is 1. The van der Waals surface area contributed by atoms with Crippen molar-refractivity contribution in [1.29, 1.82) is 0 Å². The Labute approximate surface area is 193 Å². The molecule has 0 spiro atoms. The first-order valence-corrected chi connectivity index (χ1v) is 12.2. The second-order valence-corrected chi connectivity index (χ2v) is 9.70. The number of halogens is 1. The van der Waals surface area contributed by atoms with Crippen LogP contribution in [0.4, 0.5) is 4.39 Å². The van der Waals surface area contributed by atoms with Gasteiger partial charge in [0.1, 0.15) is 18.2 Å². The van der Waals surface area contributed by atoms with Crippen molar-refractivity contribution in [2.24, 2.45) is 0 Å². The van der Waals surface area contributed by atoms with E-state index in [2.05, 4.69) is 0 Å². The molecule has 1 saturated heterocycles. The summed E-state index contributed by atoms with van der Waals surface area (Å²) in [6, 6.07) is 21.5. The smallest absolute Gasteiger partial charge is 0.254 e. The van der Waals surface area contributed by atoms with Gasteiger partial charge in [-0.3, -0.25) is 4.79 Å². The Kier molecular flexibility index (Phi) is 7.05. The Hall–Kier alpha value is -3.23. The molecule has 8 heteroatoms. The van der Waals surface area contributed by atoms with Crippen LogP contribution in [0.2, 0.25) is 0 Å². The van der Waals surface area contributed by atoms with Gasteiger partial charge in [-0.2, -0.15) is 4.31 Å². The molecule has 0 aromatic heterocycles. The highest BCUT2D eigenvalue weighted by molar-refractivity contribution is 7.89. The van der Waals surface area contributed by atoms with E-state index in [9.17, 15) is 17.6 Å². The standard InChI is InChI=1S/C25H25FN2O4S/c26-21-11-13-23(14-12-21)33(30,31)28-16-6-15-27(17-18-28)25(29)24-10-5-4-7-20(24)19-32-22-8-2-1-3-9-22/h1-5,7-14H,6,15-19H2. The second-order valence-electron chi connectivity index (χ2n) is 7.76. The molecule has 0 N–H and O–H groups in total. The van der Waals surface area contributed by atoms with Crippen molar-refractivity contribution in [3.63, 3.8) is 0 Å². The Morgan fingerprint density at radius 1 is 0.848 bits per heavy atom. The average Bonchev–Trinajstić information content (AvgIpc) is 3.10. The van der Waals surface area contributed by atoms with Crippen molar-refractivity contribution in [3.05, 3.63) is 95.8 Å². The molecule has 1 heterocycles. The Morgan fingerprint density at radius 3 is 2.30 bits per heavy atom. The molecule has 1 amide bonds. The van der Waals surface area contributed by atoms with Crippen molar-refractivity contribution in [2.45, 2.75) is 17.9 Å². The first-order chi connectivity index (χ1) is 15.9. The molecule has 3 aromatic carbocycles. The molecule has 3 aromatic rings. The summed E-state index contributed by atoms with van der Waals surface area (Å²) in [6.07, 6.45) is 0.509. The molecule has 33 heavy (non-hydrogen) atoms. The summed E-state index contributed by atoms with van der Waals surface area (Å²) in [6.45, 7) is 1.44. The molecule has 0 bridgehead atoms. The van der Waals surface area contributed by atoms with Crippen LogP contribution in [0, 0.1) is 5.82 Å². The summed E-state index contributed by atoms with van der Waals surface area (Å²) in [5.41, 5.74) is 1.31. The monoisotopic (exact) mass is 468 g/mol. The van der Waals surface area contributed by atoms with Gasteiger partial charge in [-0.25, -0.2) is 12.8 Å². The maximum atomic E-state index is 13.3. The molecule has 1 aliphatic rings. The van der Waals surface area contributed by atoms with Crippen molar-refractivity contribution in [3.8, 4) is 5.75 Å². The van der Waals surface area contributed by atoms with Gasteiger partial charge in [-0.1, -0.05) is 36.4 Å². The van der Waals surface area contributed by atoms with Gasteiger partial charge in [0.15, 0.2) is 0 Å². The van der Waals surface area contributed by atoms with Crippen molar-refractivity contribution in [1.82, 2.24) is 9.21 Å². The van der Waals surface area contributed by atoms with Crippen molar-refractivity contribution >= 4 is 15.9 Å². The summed E-state index contributed by atoms with van der Waals surface area (Å²) in [5.74, 6) is 0.0796. The fourth-order valence-electron chi connectivity index (χ4n) is 3.80. The summed E-state index contributed by atoms with van der Waals surface area (Å²) in [5, 5.41) is 0. The molecular formula is C25H25FN2O4S. The van der Waals surface area contributed by atoms with Gasteiger partial charge in [-0.15, -0.1) is 0 Å². The molecule has 0 atom stereocenters. The van der Waals surface area contributed by atoms with Gasteiger partial charge in [0.05, 0.1) is 4.90 Å². The van der Waals surface area contributed by atoms with E-state index in [1.54, 1.807) is 11.0 Å². The third-order valence-electron chi connectivity index (χ3n) is 5.58. The summed E-state index contributed by atoms with van der Waals surface area (Å²) in [4.78, 5) is 15.0. The molecule has 0 radical (unpaired) electrons. The molecule has 1 aliphatic heterocycles. The zero-order valence-electron chi connectivity index (χ0n) is 18.1. The third-order valence-corrected chi connectivity index (χ3v) is 7.49. The molecule has 6 nitrogen and oxygen atoms in total. The topological polar surface area (TPSA) is 66.9 Å². The van der Waals surface area contributed by atoms with Crippen molar-refractivity contribution < 1.29 is 22.3 Å². The predicted octanol–water partition coefficient (Wildman–Crippen LogP) is 3.94. The lowest BCUT2D eigenvalue weighted by Gasteiger charge is -2.23. The highest BCUT2D eigenvalue weighted by Crippen LogP contribution is 2.21. The minimum Gasteiger partial charge on any atom is -0.489 e. The van der Waals surface area contributed by atoms with Crippen LogP contribution in [-0.2, 0) is 16.6 Å². The minimum atomic E-state index is -3.75. The zero-order valence-corrected chi connectivity index (χ0v) is 18.9. The van der Waals surface area contributed by atoms with E-state index >= 15 is 0 Å². The van der Waals surface area contributed by atoms with Gasteiger partial charge in [0, 0.05) is 37.3 Å². The number of hydrogen-bond donors (Lipinski definition) is 0. The van der Waals surface area contributed by atoms with E-state index in [1.807, 2.05) is 48.5 Å². The van der Waals surface area contributed by atoms with Crippen LogP contribution >= 0.6 is 0 Å². The van der Waals surface area contributed by atoms with E-state index in [-0.39, 0.29) is 30.5 Å². The van der Waals surface area contributed by atoms with E-state index in [0.717, 1.165) is 23.4 Å². The SMILES string of the molecule is O=C(c1ccccc1COc1ccccc1)N1CCCN(S(=O)(=O)c2ccc(F)cc2)CC1. The number of hydrogen-bond acceptors (Lipinski definition) is 4. The molecule has 0 unspecified atom stereocenters. The number of nitrogens with zero attached hydrogens (tertiary/aromatic N) is 2. The van der Waals surface area contributed by atoms with Crippen LogP contribution in [0.1, 0.15) is 22.3 Å². The van der Waals surface area contributed by atoms with Gasteiger partial charge in [0.25, 0.3) is 5.91 Å². The minimum absolute atomic E-state index is 0.0482. The molecular weight excluding hydrogens is 443 g/mol. The molecule has 172 valence electrons. The number of para-hydroxylation sites is 1. The van der Waals surface area contributed by atoms with Crippen molar-refractivity contribution in [2.75, 3.05) is 26.2 Å². The lowest BCUT2D eigenvalue weighted by molar-refractivity contribution is 0.0761. The quantitative estimate of drug-likeness (QED) is 0.550. The second kappa shape index (κ2) is 10.1. The number of amides is 1. The fraction of sp³-hybridized carbons (Fsp3) is 0.240. The van der Waals surface area contributed by atoms with Crippen LogP contribution < -0.4 is 4.74 Å². The largest absolute Gasteiger partial charge is 0.489 e. The van der Waals surface area contributed by atoms with Gasteiger partial charge < -0.3 is 9.64 Å². The number of rotatable bonds is 6. The number of ether oxygens (including phenoxy) is 1. The lowest BCUT2D eigenvalue weighted by Crippen LogP contribution is -2.37. The predicted molar refractivity (Wildman–Crippen MR) is 123 cm³/mol. The molecule has 0 aliphatic carbocycles. The van der Waals surface area contributed by atoms with E-state index in [4.69, 9.17) is 4.74 Å². The Morgan fingerprint density at radius 2 is 1.55 bits per heavy atom. The van der Waals surface area contributed by atoms with Gasteiger partial charge >= 0.3 is 0 Å². The molecule has 0 saturated carbocycles. The maximum absolute atomic E-state index is 13.3. The maximum Gasteiger partial charge on any atom is 0.254 e. The molecule has 4 rings (SSSR count). The zero-order chi connectivity index (χ0) is 23.3. The van der Waals surface area contributed by atoms with Crippen LogP contribution in [0.3, 0.4) is 0 Å². The number of carbonyl (C=O) groups is 1. The van der Waals surface area contributed by atoms with Crippen LogP contribution in [0.25, 0.3) is 0 Å². The average molecular weight is 469 g/mol. The Balaban J connectivity index is 1.45. The highest BCUT2D eigenvalue weighted by atomic mass is 32.2. The number of benzene rings is 3. The van der Waals surface area contributed by atoms with E-state index < -0.39 is 15.8 Å². The third kappa shape index (κ3) is 5.40. The summed E-state index contributed by atoms with van der Waals surface area (Å²) in [7, 11) is -3.75. The highest BCUT2D eigenvalue weighted by Gasteiger charge is 2.29.